The number of carbonyl (C=O) groups excluding carboxylic acids is 1. The number of sulfonamides is 1. The summed E-state index contributed by atoms with van der Waals surface area (Å²) in [4.78, 5) is 22.2. The number of phenolic OH excluding ortho intramolecular Hbond substituents is 2. The maximum atomic E-state index is 12.4. The molecule has 3 aromatic rings. The maximum absolute atomic E-state index is 12.4. The number of nitrogens with zero attached hydrogens (tertiary/aromatic N) is 1. The molecule has 0 atom stereocenters. The molecule has 0 saturated heterocycles. The molecule has 0 aliphatic carbocycles. The van der Waals surface area contributed by atoms with Gasteiger partial charge in [-0.3, -0.25) is 19.6 Å². The lowest BCUT2D eigenvalue weighted by molar-refractivity contribution is -0.384. The standard InChI is InChI=1S/C21H16N2O7S/c24-19(11-1-14-2-12-20(25)21(26)13-14)15-3-5-16(6-4-15)22-31(29,30)18-9-7-17(8-10-18)23(27)28/h1-13,22,25-26H. The second-order valence-corrected chi connectivity index (χ2v) is 8.06. The second kappa shape index (κ2) is 8.67. The molecule has 0 radical (unpaired) electrons. The van der Waals surface area contributed by atoms with Gasteiger partial charge in [-0.25, -0.2) is 8.42 Å². The van der Waals surface area contributed by atoms with Crippen molar-refractivity contribution in [3.05, 3.63) is 94.0 Å². The number of phenols is 2. The zero-order chi connectivity index (χ0) is 22.6. The molecule has 3 N–H and O–H groups in total. The smallest absolute Gasteiger partial charge is 0.269 e. The predicted molar refractivity (Wildman–Crippen MR) is 113 cm³/mol. The van der Waals surface area contributed by atoms with Gasteiger partial charge in [0.25, 0.3) is 15.7 Å². The van der Waals surface area contributed by atoms with Gasteiger partial charge < -0.3 is 10.2 Å². The number of carbonyl (C=O) groups is 1. The highest BCUT2D eigenvalue weighted by molar-refractivity contribution is 7.92. The molecule has 0 aliphatic heterocycles. The van der Waals surface area contributed by atoms with Gasteiger partial charge in [-0.15, -0.1) is 0 Å². The van der Waals surface area contributed by atoms with E-state index in [4.69, 9.17) is 0 Å². The van der Waals surface area contributed by atoms with Crippen LogP contribution in [0, 0.1) is 10.1 Å². The van der Waals surface area contributed by atoms with Crippen molar-refractivity contribution in [1.29, 1.82) is 0 Å². The van der Waals surface area contributed by atoms with Crippen molar-refractivity contribution in [2.75, 3.05) is 4.72 Å². The van der Waals surface area contributed by atoms with E-state index in [2.05, 4.69) is 4.72 Å². The van der Waals surface area contributed by atoms with Crippen LogP contribution in [0.25, 0.3) is 6.08 Å². The van der Waals surface area contributed by atoms with Gasteiger partial charge in [0.15, 0.2) is 17.3 Å². The number of rotatable bonds is 7. The number of hydrogen-bond acceptors (Lipinski definition) is 7. The Bertz CT molecular complexity index is 1270. The van der Waals surface area contributed by atoms with Crippen LogP contribution >= 0.6 is 0 Å². The number of nitro groups is 1. The second-order valence-electron chi connectivity index (χ2n) is 6.38. The fourth-order valence-corrected chi connectivity index (χ4v) is 3.63. The Balaban J connectivity index is 1.70. The zero-order valence-corrected chi connectivity index (χ0v) is 16.6. The van der Waals surface area contributed by atoms with Crippen molar-refractivity contribution in [3.8, 4) is 11.5 Å². The average Bonchev–Trinajstić information content (AvgIpc) is 2.74. The Kier molecular flexibility index (Phi) is 6.02. The molecular formula is C21H16N2O7S. The van der Waals surface area contributed by atoms with Crippen LogP contribution in [0.5, 0.6) is 11.5 Å². The van der Waals surface area contributed by atoms with Gasteiger partial charge in [-0.05, 0) is 60.2 Å². The molecule has 0 bridgehead atoms. The van der Waals surface area contributed by atoms with Gasteiger partial charge in [0.2, 0.25) is 0 Å². The first-order chi connectivity index (χ1) is 14.7. The third kappa shape index (κ3) is 5.25. The van der Waals surface area contributed by atoms with E-state index in [1.54, 1.807) is 0 Å². The van der Waals surface area contributed by atoms with Crippen LogP contribution in [0.1, 0.15) is 15.9 Å². The summed E-state index contributed by atoms with van der Waals surface area (Å²) in [6.07, 6.45) is 2.74. The number of ketones is 1. The number of hydrogen-bond donors (Lipinski definition) is 3. The molecule has 0 amide bonds. The van der Waals surface area contributed by atoms with E-state index in [0.717, 1.165) is 24.3 Å². The molecule has 9 nitrogen and oxygen atoms in total. The molecule has 0 spiro atoms. The van der Waals surface area contributed by atoms with E-state index >= 15 is 0 Å². The van der Waals surface area contributed by atoms with Gasteiger partial charge >= 0.3 is 0 Å². The molecule has 0 saturated carbocycles. The quantitative estimate of drug-likeness (QED) is 0.167. The highest BCUT2D eigenvalue weighted by atomic mass is 32.2. The molecule has 0 fully saturated rings. The Morgan fingerprint density at radius 3 is 2.16 bits per heavy atom. The van der Waals surface area contributed by atoms with Crippen LogP contribution in [-0.4, -0.2) is 29.3 Å². The van der Waals surface area contributed by atoms with Gasteiger partial charge in [0, 0.05) is 23.4 Å². The minimum absolute atomic E-state index is 0.140. The normalized spacial score (nSPS) is 11.4. The summed E-state index contributed by atoms with van der Waals surface area (Å²) in [6.45, 7) is 0. The first-order valence-electron chi connectivity index (χ1n) is 8.77. The highest BCUT2D eigenvalue weighted by Gasteiger charge is 2.16. The predicted octanol–water partition coefficient (Wildman–Crippen LogP) is 3.70. The van der Waals surface area contributed by atoms with Crippen LogP contribution in [0.4, 0.5) is 11.4 Å². The summed E-state index contributed by atoms with van der Waals surface area (Å²) in [5.41, 5.74) is 0.799. The molecule has 3 aromatic carbocycles. The zero-order valence-electron chi connectivity index (χ0n) is 15.8. The van der Waals surface area contributed by atoms with Crippen molar-refractivity contribution in [2.45, 2.75) is 4.90 Å². The minimum Gasteiger partial charge on any atom is -0.504 e. The third-order valence-corrected chi connectivity index (χ3v) is 5.60. The van der Waals surface area contributed by atoms with E-state index in [0.29, 0.717) is 11.1 Å². The summed E-state index contributed by atoms with van der Waals surface area (Å²) in [6, 6.07) is 14.3. The van der Waals surface area contributed by atoms with E-state index in [9.17, 15) is 33.5 Å². The summed E-state index contributed by atoms with van der Waals surface area (Å²) in [5.74, 6) is -0.924. The number of nitro benzene ring substituents is 1. The van der Waals surface area contributed by atoms with Crippen molar-refractivity contribution < 1.29 is 28.3 Å². The highest BCUT2D eigenvalue weighted by Crippen LogP contribution is 2.25. The topological polar surface area (TPSA) is 147 Å². The van der Waals surface area contributed by atoms with Gasteiger partial charge in [0.1, 0.15) is 0 Å². The molecule has 0 aromatic heterocycles. The maximum Gasteiger partial charge on any atom is 0.269 e. The number of non-ortho nitro benzene ring substituents is 1. The monoisotopic (exact) mass is 440 g/mol. The Labute approximate surface area is 177 Å². The Hall–Kier alpha value is -4.18. The lowest BCUT2D eigenvalue weighted by atomic mass is 10.1. The van der Waals surface area contributed by atoms with Gasteiger partial charge in [-0.2, -0.15) is 0 Å². The summed E-state index contributed by atoms with van der Waals surface area (Å²) < 4.78 is 27.2. The summed E-state index contributed by atoms with van der Waals surface area (Å²) in [7, 11) is -3.96. The molecule has 3 rings (SSSR count). The largest absolute Gasteiger partial charge is 0.504 e. The van der Waals surface area contributed by atoms with E-state index in [-0.39, 0.29) is 33.6 Å². The lowest BCUT2D eigenvalue weighted by Crippen LogP contribution is -2.13. The Morgan fingerprint density at radius 1 is 0.935 bits per heavy atom. The van der Waals surface area contributed by atoms with Crippen LogP contribution in [-0.2, 0) is 10.0 Å². The van der Waals surface area contributed by atoms with E-state index in [1.165, 1.54) is 54.6 Å². The van der Waals surface area contributed by atoms with E-state index < -0.39 is 14.9 Å². The number of benzene rings is 3. The van der Waals surface area contributed by atoms with Crippen LogP contribution in [0.15, 0.2) is 77.7 Å². The number of nitrogens with one attached hydrogen (secondary N) is 1. The molecule has 158 valence electrons. The van der Waals surface area contributed by atoms with Crippen LogP contribution in [0.2, 0.25) is 0 Å². The molecule has 31 heavy (non-hydrogen) atoms. The van der Waals surface area contributed by atoms with Crippen molar-refractivity contribution >= 4 is 33.3 Å². The number of aromatic hydroxyl groups is 2. The third-order valence-electron chi connectivity index (χ3n) is 4.21. The van der Waals surface area contributed by atoms with Gasteiger partial charge in [0.05, 0.1) is 9.82 Å². The SMILES string of the molecule is O=C(C=Cc1ccc(O)c(O)c1)c1ccc(NS(=O)(=O)c2ccc([N+](=O)[O-])cc2)cc1. The fourth-order valence-electron chi connectivity index (χ4n) is 2.58. The van der Waals surface area contributed by atoms with Gasteiger partial charge in [-0.1, -0.05) is 12.1 Å². The molecule has 0 aliphatic rings. The number of allylic oxidation sites excluding steroid dienone is 1. The average molecular weight is 440 g/mol. The fraction of sp³-hybridized carbons (Fsp3) is 0. The van der Waals surface area contributed by atoms with Crippen molar-refractivity contribution in [3.63, 3.8) is 0 Å². The first kappa shape index (κ1) is 21.5. The molecule has 0 unspecified atom stereocenters. The van der Waals surface area contributed by atoms with Crippen molar-refractivity contribution in [2.24, 2.45) is 0 Å². The lowest BCUT2D eigenvalue weighted by Gasteiger charge is -2.08. The Morgan fingerprint density at radius 2 is 1.58 bits per heavy atom. The van der Waals surface area contributed by atoms with Crippen LogP contribution < -0.4 is 4.72 Å². The first-order valence-corrected chi connectivity index (χ1v) is 10.3. The number of anilines is 1. The summed E-state index contributed by atoms with van der Waals surface area (Å²) in [5, 5.41) is 29.4. The summed E-state index contributed by atoms with van der Waals surface area (Å²) >= 11 is 0. The molecule has 10 heteroatoms. The van der Waals surface area contributed by atoms with Crippen LogP contribution in [0.3, 0.4) is 0 Å². The van der Waals surface area contributed by atoms with E-state index in [1.807, 2.05) is 0 Å². The molecular weight excluding hydrogens is 424 g/mol. The molecule has 0 heterocycles. The minimum atomic E-state index is -3.96. The van der Waals surface area contributed by atoms with Crippen molar-refractivity contribution in [1.82, 2.24) is 0 Å².